The number of rotatable bonds is 4. The second kappa shape index (κ2) is 6.18. The van der Waals surface area contributed by atoms with E-state index in [2.05, 4.69) is 0 Å². The molecule has 0 spiro atoms. The number of nitrogens with zero attached hydrogens (tertiary/aromatic N) is 2. The van der Waals surface area contributed by atoms with Gasteiger partial charge in [0, 0.05) is 12.7 Å². The van der Waals surface area contributed by atoms with Crippen molar-refractivity contribution >= 4 is 11.8 Å². The molecule has 23 heavy (non-hydrogen) atoms. The topological polar surface area (TPSA) is 51.2 Å². The van der Waals surface area contributed by atoms with Crippen molar-refractivity contribution in [3.05, 3.63) is 54.1 Å². The van der Waals surface area contributed by atoms with Crippen molar-refractivity contribution < 1.29 is 19.1 Å². The van der Waals surface area contributed by atoms with Gasteiger partial charge >= 0.3 is 6.09 Å². The summed E-state index contributed by atoms with van der Waals surface area (Å²) in [5, 5.41) is 1.52. The van der Waals surface area contributed by atoms with Gasteiger partial charge in [-0.25, -0.2) is 4.79 Å². The van der Waals surface area contributed by atoms with Gasteiger partial charge in [-0.15, -0.1) is 5.06 Å². The van der Waals surface area contributed by atoms with Gasteiger partial charge in [-0.05, 0) is 29.8 Å². The number of ether oxygens (including phenoxy) is 2. The number of carbonyl (C=O) groups is 1. The lowest BCUT2D eigenvalue weighted by Crippen LogP contribution is -2.30. The molecule has 2 aromatic carbocycles. The summed E-state index contributed by atoms with van der Waals surface area (Å²) in [4.78, 5) is 19.1. The van der Waals surface area contributed by atoms with Crippen molar-refractivity contribution in [3.8, 4) is 11.5 Å². The predicted octanol–water partition coefficient (Wildman–Crippen LogP) is 3.21. The van der Waals surface area contributed by atoms with Crippen molar-refractivity contribution in [2.24, 2.45) is 0 Å². The summed E-state index contributed by atoms with van der Waals surface area (Å²) in [6.07, 6.45) is -0.803. The monoisotopic (exact) mass is 314 g/mol. The molecule has 2 aromatic rings. The number of benzene rings is 2. The van der Waals surface area contributed by atoms with Crippen LogP contribution in [-0.2, 0) is 4.84 Å². The van der Waals surface area contributed by atoms with E-state index in [1.807, 2.05) is 48.5 Å². The number of amides is 1. The first kappa shape index (κ1) is 15.2. The average Bonchev–Trinajstić information content (AvgIpc) is 2.89. The molecule has 1 atom stereocenters. The van der Waals surface area contributed by atoms with Gasteiger partial charge in [0.25, 0.3) is 0 Å². The molecule has 1 saturated heterocycles. The number of para-hydroxylation sites is 1. The third kappa shape index (κ3) is 2.68. The lowest BCUT2D eigenvalue weighted by molar-refractivity contribution is -0.0659. The van der Waals surface area contributed by atoms with Crippen LogP contribution in [0.5, 0.6) is 11.5 Å². The third-order valence-electron chi connectivity index (χ3n) is 3.75. The SMILES string of the molecule is COc1ccc(C2N(C)OC(=O)N2c2ccccc2)cc1OC. The lowest BCUT2D eigenvalue weighted by Gasteiger charge is -2.25. The molecule has 1 heterocycles. The fraction of sp³-hybridized carbons (Fsp3) is 0.235. The molecule has 0 aliphatic carbocycles. The molecule has 6 heteroatoms. The molecule has 0 radical (unpaired) electrons. The van der Waals surface area contributed by atoms with Crippen LogP contribution in [0.15, 0.2) is 48.5 Å². The van der Waals surface area contributed by atoms with Crippen LogP contribution >= 0.6 is 0 Å². The highest BCUT2D eigenvalue weighted by Crippen LogP contribution is 2.38. The Morgan fingerprint density at radius 1 is 1.00 bits per heavy atom. The minimum Gasteiger partial charge on any atom is -0.493 e. The largest absolute Gasteiger partial charge is 0.493 e. The van der Waals surface area contributed by atoms with Gasteiger partial charge in [-0.3, -0.25) is 4.90 Å². The summed E-state index contributed by atoms with van der Waals surface area (Å²) in [6, 6.07) is 15.0. The van der Waals surface area contributed by atoms with E-state index in [1.165, 1.54) is 5.06 Å². The predicted molar refractivity (Wildman–Crippen MR) is 85.5 cm³/mol. The zero-order valence-corrected chi connectivity index (χ0v) is 13.2. The van der Waals surface area contributed by atoms with E-state index in [0.717, 1.165) is 11.3 Å². The maximum absolute atomic E-state index is 12.3. The van der Waals surface area contributed by atoms with E-state index in [4.69, 9.17) is 14.3 Å². The lowest BCUT2D eigenvalue weighted by atomic mass is 10.1. The zero-order valence-electron chi connectivity index (χ0n) is 13.2. The van der Waals surface area contributed by atoms with E-state index < -0.39 is 6.09 Å². The summed E-state index contributed by atoms with van der Waals surface area (Å²) in [7, 11) is 4.89. The van der Waals surface area contributed by atoms with Gasteiger partial charge in [0.15, 0.2) is 17.7 Å². The third-order valence-corrected chi connectivity index (χ3v) is 3.75. The molecule has 0 aromatic heterocycles. The van der Waals surface area contributed by atoms with E-state index in [9.17, 15) is 4.79 Å². The highest BCUT2D eigenvalue weighted by molar-refractivity contribution is 5.89. The highest BCUT2D eigenvalue weighted by atomic mass is 16.7. The Morgan fingerprint density at radius 2 is 1.70 bits per heavy atom. The molecule has 1 fully saturated rings. The van der Waals surface area contributed by atoms with E-state index in [1.54, 1.807) is 26.2 Å². The van der Waals surface area contributed by atoms with Crippen LogP contribution in [0, 0.1) is 0 Å². The fourth-order valence-electron chi connectivity index (χ4n) is 2.69. The van der Waals surface area contributed by atoms with Crippen LogP contribution in [0.4, 0.5) is 10.5 Å². The fourth-order valence-corrected chi connectivity index (χ4v) is 2.69. The Morgan fingerprint density at radius 3 is 2.35 bits per heavy atom. The average molecular weight is 314 g/mol. The zero-order chi connectivity index (χ0) is 16.4. The molecule has 0 bridgehead atoms. The van der Waals surface area contributed by atoms with Crippen molar-refractivity contribution in [2.45, 2.75) is 6.17 Å². The molecule has 1 aliphatic rings. The molecule has 1 aliphatic heterocycles. The van der Waals surface area contributed by atoms with Gasteiger partial charge in [0.05, 0.1) is 14.2 Å². The van der Waals surface area contributed by atoms with Crippen LogP contribution < -0.4 is 14.4 Å². The molecule has 1 amide bonds. The van der Waals surface area contributed by atoms with Crippen LogP contribution in [-0.4, -0.2) is 32.4 Å². The van der Waals surface area contributed by atoms with Gasteiger partial charge in [-0.2, -0.15) is 0 Å². The molecule has 0 N–H and O–H groups in total. The van der Waals surface area contributed by atoms with Crippen molar-refractivity contribution in [1.29, 1.82) is 0 Å². The van der Waals surface area contributed by atoms with Gasteiger partial charge < -0.3 is 14.3 Å². The summed E-state index contributed by atoms with van der Waals surface area (Å²) in [6.45, 7) is 0. The maximum atomic E-state index is 12.3. The summed E-state index contributed by atoms with van der Waals surface area (Å²) in [5.74, 6) is 1.24. The van der Waals surface area contributed by atoms with Crippen molar-refractivity contribution in [1.82, 2.24) is 5.06 Å². The summed E-state index contributed by atoms with van der Waals surface area (Å²) >= 11 is 0. The molecule has 3 rings (SSSR count). The number of anilines is 1. The van der Waals surface area contributed by atoms with Crippen molar-refractivity contribution in [2.75, 3.05) is 26.2 Å². The summed E-state index contributed by atoms with van der Waals surface area (Å²) in [5.41, 5.74) is 1.63. The molecule has 120 valence electrons. The van der Waals surface area contributed by atoms with Gasteiger partial charge in [-0.1, -0.05) is 24.3 Å². The molecule has 1 unspecified atom stereocenters. The van der Waals surface area contributed by atoms with Gasteiger partial charge in [0.1, 0.15) is 0 Å². The first-order chi connectivity index (χ1) is 11.2. The Hall–Kier alpha value is -2.73. The van der Waals surface area contributed by atoms with Crippen molar-refractivity contribution in [3.63, 3.8) is 0 Å². The van der Waals surface area contributed by atoms with E-state index in [0.29, 0.717) is 11.5 Å². The first-order valence-corrected chi connectivity index (χ1v) is 7.16. The van der Waals surface area contributed by atoms with Crippen LogP contribution in [0.1, 0.15) is 11.7 Å². The molecular formula is C17H18N2O4. The van der Waals surface area contributed by atoms with E-state index in [-0.39, 0.29) is 6.17 Å². The number of hydrogen-bond acceptors (Lipinski definition) is 5. The van der Waals surface area contributed by atoms with Gasteiger partial charge in [0.2, 0.25) is 0 Å². The van der Waals surface area contributed by atoms with Crippen LogP contribution in [0.25, 0.3) is 0 Å². The highest BCUT2D eigenvalue weighted by Gasteiger charge is 2.40. The number of hydroxylamine groups is 2. The Bertz CT molecular complexity index is 705. The Labute approximate surface area is 134 Å². The van der Waals surface area contributed by atoms with Crippen LogP contribution in [0.3, 0.4) is 0 Å². The molecule has 6 nitrogen and oxygen atoms in total. The maximum Gasteiger partial charge on any atom is 0.435 e. The number of methoxy groups -OCH3 is 2. The Kier molecular flexibility index (Phi) is 4.08. The minimum atomic E-state index is -0.418. The quantitative estimate of drug-likeness (QED) is 0.867. The smallest absolute Gasteiger partial charge is 0.435 e. The standard InChI is InChI=1S/C17H18N2O4/c1-18-16(12-9-10-14(21-2)15(11-12)22-3)19(17(20)23-18)13-7-5-4-6-8-13/h4-11,16H,1-3H3. The molecular weight excluding hydrogens is 296 g/mol. The number of hydrogen-bond donors (Lipinski definition) is 0. The molecule has 0 saturated carbocycles. The Balaban J connectivity index is 2.04. The summed E-state index contributed by atoms with van der Waals surface area (Å²) < 4.78 is 10.6. The second-order valence-corrected chi connectivity index (χ2v) is 5.10. The second-order valence-electron chi connectivity index (χ2n) is 5.10. The van der Waals surface area contributed by atoms with E-state index >= 15 is 0 Å². The minimum absolute atomic E-state index is 0.385. The van der Waals surface area contributed by atoms with Crippen LogP contribution in [0.2, 0.25) is 0 Å². The number of carbonyl (C=O) groups excluding carboxylic acids is 1. The normalized spacial score (nSPS) is 18.0. The first-order valence-electron chi connectivity index (χ1n) is 7.16.